The van der Waals surface area contributed by atoms with Gasteiger partial charge in [-0.3, -0.25) is 11.3 Å². The second-order valence-corrected chi connectivity index (χ2v) is 4.52. The number of hydrogen-bond donors (Lipinski definition) is 2. The molecule has 0 aliphatic heterocycles. The third kappa shape index (κ3) is 2.90. The van der Waals surface area contributed by atoms with E-state index in [2.05, 4.69) is 10.4 Å². The van der Waals surface area contributed by atoms with E-state index in [9.17, 15) is 13.2 Å². The Kier molecular flexibility index (Phi) is 3.69. The van der Waals surface area contributed by atoms with Crippen LogP contribution in [0.25, 0.3) is 0 Å². The third-order valence-electron chi connectivity index (χ3n) is 1.92. The summed E-state index contributed by atoms with van der Waals surface area (Å²) in [5.41, 5.74) is 2.49. The lowest BCUT2D eigenvalue weighted by molar-refractivity contribution is -0.137. The highest BCUT2D eigenvalue weighted by molar-refractivity contribution is 7.11. The minimum Gasteiger partial charge on any atom is -0.271 e. The Bertz CT molecular complexity index is 321. The molecule has 0 amide bonds. The van der Waals surface area contributed by atoms with E-state index in [1.54, 1.807) is 0 Å². The highest BCUT2D eigenvalue weighted by Crippen LogP contribution is 2.35. The smallest absolute Gasteiger partial charge is 0.271 e. The maximum absolute atomic E-state index is 12.3. The number of hydrazine groups is 1. The molecule has 86 valence electrons. The van der Waals surface area contributed by atoms with E-state index >= 15 is 0 Å². The van der Waals surface area contributed by atoms with Crippen LogP contribution in [0, 0.1) is 5.92 Å². The van der Waals surface area contributed by atoms with Crippen molar-refractivity contribution in [2.75, 3.05) is 0 Å². The molecule has 1 aromatic heterocycles. The summed E-state index contributed by atoms with van der Waals surface area (Å²) in [6.45, 7) is 3.75. The Labute approximate surface area is 89.5 Å². The molecule has 0 aliphatic rings. The van der Waals surface area contributed by atoms with Gasteiger partial charge >= 0.3 is 6.18 Å². The Morgan fingerprint density at radius 2 is 2.07 bits per heavy atom. The van der Waals surface area contributed by atoms with Crippen LogP contribution in [0.15, 0.2) is 6.20 Å². The molecule has 3 nitrogen and oxygen atoms in total. The van der Waals surface area contributed by atoms with Gasteiger partial charge in [-0.15, -0.1) is 11.3 Å². The van der Waals surface area contributed by atoms with E-state index in [4.69, 9.17) is 5.84 Å². The predicted octanol–water partition coefficient (Wildman–Crippen LogP) is 2.32. The number of hydrogen-bond acceptors (Lipinski definition) is 4. The number of thiazole rings is 1. The van der Waals surface area contributed by atoms with Gasteiger partial charge in [0.1, 0.15) is 0 Å². The van der Waals surface area contributed by atoms with E-state index in [0.717, 1.165) is 0 Å². The van der Waals surface area contributed by atoms with Gasteiger partial charge in [0, 0.05) is 11.1 Å². The average Bonchev–Trinajstić information content (AvgIpc) is 2.52. The molecule has 15 heavy (non-hydrogen) atoms. The molecule has 1 aromatic rings. The molecular formula is C8H12F3N3S. The van der Waals surface area contributed by atoms with Gasteiger partial charge in [0.05, 0.1) is 6.04 Å². The molecular weight excluding hydrogens is 227 g/mol. The van der Waals surface area contributed by atoms with Gasteiger partial charge in [-0.2, -0.15) is 13.2 Å². The number of nitrogens with two attached hydrogens (primary N) is 1. The minimum absolute atomic E-state index is 0.108. The summed E-state index contributed by atoms with van der Waals surface area (Å²) >= 11 is 0.622. The number of nitrogens with zero attached hydrogens (tertiary/aromatic N) is 1. The molecule has 0 bridgehead atoms. The van der Waals surface area contributed by atoms with E-state index in [1.165, 1.54) is 6.20 Å². The lowest BCUT2D eigenvalue weighted by Gasteiger charge is -2.17. The van der Waals surface area contributed by atoms with Crippen molar-refractivity contribution in [1.29, 1.82) is 0 Å². The molecule has 1 atom stereocenters. The van der Waals surface area contributed by atoms with Crippen molar-refractivity contribution in [1.82, 2.24) is 10.4 Å². The quantitative estimate of drug-likeness (QED) is 0.628. The number of alkyl halides is 3. The maximum atomic E-state index is 12.3. The monoisotopic (exact) mass is 239 g/mol. The van der Waals surface area contributed by atoms with Crippen LogP contribution in [0.4, 0.5) is 13.2 Å². The molecule has 0 radical (unpaired) electrons. The SMILES string of the molecule is CC(C)C(NN)c1cnc(C(F)(F)F)s1. The van der Waals surface area contributed by atoms with E-state index in [-0.39, 0.29) is 12.0 Å². The van der Waals surface area contributed by atoms with Crippen LogP contribution in [0.3, 0.4) is 0 Å². The van der Waals surface area contributed by atoms with Crippen LogP contribution >= 0.6 is 11.3 Å². The standard InChI is InChI=1S/C8H12F3N3S/c1-4(2)6(14-12)5-3-13-7(15-5)8(9,10)11/h3-4,6,14H,12H2,1-2H3. The maximum Gasteiger partial charge on any atom is 0.443 e. The van der Waals surface area contributed by atoms with Crippen molar-refractivity contribution in [3.63, 3.8) is 0 Å². The summed E-state index contributed by atoms with van der Waals surface area (Å²) in [6.07, 6.45) is -3.16. The fraction of sp³-hybridized carbons (Fsp3) is 0.625. The Hall–Kier alpha value is -0.660. The molecule has 0 aliphatic carbocycles. The summed E-state index contributed by atoms with van der Waals surface area (Å²) < 4.78 is 36.8. The van der Waals surface area contributed by atoms with Gasteiger partial charge in [-0.25, -0.2) is 4.98 Å². The van der Waals surface area contributed by atoms with Crippen molar-refractivity contribution in [2.45, 2.75) is 26.1 Å². The second kappa shape index (κ2) is 4.46. The van der Waals surface area contributed by atoms with Crippen LogP contribution in [0.1, 0.15) is 29.8 Å². The van der Waals surface area contributed by atoms with Crippen molar-refractivity contribution >= 4 is 11.3 Å². The topological polar surface area (TPSA) is 50.9 Å². The first-order valence-electron chi connectivity index (χ1n) is 4.35. The first-order chi connectivity index (χ1) is 6.86. The molecule has 1 rings (SSSR count). The van der Waals surface area contributed by atoms with E-state index in [1.807, 2.05) is 13.8 Å². The van der Waals surface area contributed by atoms with E-state index < -0.39 is 11.2 Å². The summed E-state index contributed by atoms with van der Waals surface area (Å²) in [6, 6.07) is -0.293. The summed E-state index contributed by atoms with van der Waals surface area (Å²) in [4.78, 5) is 3.84. The van der Waals surface area contributed by atoms with Crippen LogP contribution in [0.2, 0.25) is 0 Å². The largest absolute Gasteiger partial charge is 0.443 e. The third-order valence-corrected chi connectivity index (χ3v) is 3.04. The number of rotatable bonds is 3. The number of halogens is 3. The molecule has 1 heterocycles. The fourth-order valence-corrected chi connectivity index (χ4v) is 2.18. The Morgan fingerprint density at radius 3 is 2.40 bits per heavy atom. The first kappa shape index (κ1) is 12.4. The molecule has 0 saturated carbocycles. The van der Waals surface area contributed by atoms with Gasteiger partial charge in [0.2, 0.25) is 0 Å². The summed E-state index contributed by atoms with van der Waals surface area (Å²) in [7, 11) is 0. The Balaban J connectivity index is 2.92. The van der Waals surface area contributed by atoms with Crippen molar-refractivity contribution < 1.29 is 13.2 Å². The van der Waals surface area contributed by atoms with Crippen LogP contribution in [-0.4, -0.2) is 4.98 Å². The molecule has 0 saturated heterocycles. The minimum atomic E-state index is -4.38. The molecule has 0 spiro atoms. The molecule has 3 N–H and O–H groups in total. The number of nitrogens with one attached hydrogen (secondary N) is 1. The van der Waals surface area contributed by atoms with Gasteiger partial charge in [-0.1, -0.05) is 13.8 Å². The van der Waals surface area contributed by atoms with Crippen molar-refractivity contribution in [3.05, 3.63) is 16.1 Å². The summed E-state index contributed by atoms with van der Waals surface area (Å²) in [5, 5.41) is -0.835. The molecule has 1 unspecified atom stereocenters. The van der Waals surface area contributed by atoms with Crippen molar-refractivity contribution in [2.24, 2.45) is 11.8 Å². The normalized spacial score (nSPS) is 14.6. The molecule has 0 fully saturated rings. The van der Waals surface area contributed by atoms with Gasteiger partial charge in [0.25, 0.3) is 0 Å². The molecule has 7 heteroatoms. The molecule has 0 aromatic carbocycles. The van der Waals surface area contributed by atoms with Crippen LogP contribution in [-0.2, 0) is 6.18 Å². The van der Waals surface area contributed by atoms with Crippen molar-refractivity contribution in [3.8, 4) is 0 Å². The summed E-state index contributed by atoms with van der Waals surface area (Å²) in [5.74, 6) is 5.38. The first-order valence-corrected chi connectivity index (χ1v) is 5.17. The fourth-order valence-electron chi connectivity index (χ4n) is 1.16. The zero-order valence-electron chi connectivity index (χ0n) is 8.30. The van der Waals surface area contributed by atoms with Gasteiger partial charge in [0.15, 0.2) is 5.01 Å². The van der Waals surface area contributed by atoms with E-state index in [0.29, 0.717) is 16.2 Å². The number of aromatic nitrogens is 1. The zero-order chi connectivity index (χ0) is 11.6. The highest BCUT2D eigenvalue weighted by Gasteiger charge is 2.35. The van der Waals surface area contributed by atoms with Crippen LogP contribution in [0.5, 0.6) is 0 Å². The lowest BCUT2D eigenvalue weighted by Crippen LogP contribution is -2.30. The van der Waals surface area contributed by atoms with Crippen LogP contribution < -0.4 is 11.3 Å². The average molecular weight is 239 g/mol. The Morgan fingerprint density at radius 1 is 1.47 bits per heavy atom. The second-order valence-electron chi connectivity index (χ2n) is 3.45. The highest BCUT2D eigenvalue weighted by atomic mass is 32.1. The van der Waals surface area contributed by atoms with Gasteiger partial charge in [-0.05, 0) is 5.92 Å². The predicted molar refractivity (Wildman–Crippen MR) is 52.0 cm³/mol. The van der Waals surface area contributed by atoms with Gasteiger partial charge < -0.3 is 0 Å². The zero-order valence-corrected chi connectivity index (χ0v) is 9.12. The lowest BCUT2D eigenvalue weighted by atomic mass is 10.0.